The smallest absolute Gasteiger partial charge is 0.256 e. The lowest BCUT2D eigenvalue weighted by Crippen LogP contribution is -2.31. The number of benzene rings is 2. The molecule has 2 aliphatic heterocycles. The Bertz CT molecular complexity index is 1360. The van der Waals surface area contributed by atoms with E-state index in [9.17, 15) is 9.59 Å². The minimum absolute atomic E-state index is 0.0168. The molecule has 2 N–H and O–H groups in total. The highest BCUT2D eigenvalue weighted by Gasteiger charge is 2.28. The summed E-state index contributed by atoms with van der Waals surface area (Å²) in [7, 11) is 4.01. The molecule has 1 amide bonds. The quantitative estimate of drug-likeness (QED) is 0.318. The van der Waals surface area contributed by atoms with Crippen LogP contribution in [0, 0.1) is 5.82 Å². The number of pyridine rings is 1. The highest BCUT2D eigenvalue weighted by Crippen LogP contribution is 2.44. The summed E-state index contributed by atoms with van der Waals surface area (Å²) in [6.45, 7) is 4.85. The topological polar surface area (TPSA) is 78.8 Å². The number of nitrogens with one attached hydrogen (secondary N) is 2. The molecule has 9 heteroatoms. The summed E-state index contributed by atoms with van der Waals surface area (Å²) in [6, 6.07) is 8.58. The van der Waals surface area contributed by atoms with Gasteiger partial charge in [0.1, 0.15) is 16.8 Å². The fourth-order valence-corrected chi connectivity index (χ4v) is 5.09. The van der Waals surface area contributed by atoms with Crippen LogP contribution in [0.4, 0.5) is 10.1 Å². The molecule has 0 bridgehead atoms. The molecule has 0 unspecified atom stereocenters. The zero-order valence-corrected chi connectivity index (χ0v) is 21.5. The van der Waals surface area contributed by atoms with Crippen LogP contribution in [0.2, 0.25) is 0 Å². The number of nitrogens with zero attached hydrogens (tertiary/aromatic N) is 3. The maximum atomic E-state index is 15.5. The second-order valence-electron chi connectivity index (χ2n) is 10.0. The van der Waals surface area contributed by atoms with E-state index in [0.29, 0.717) is 30.0 Å². The van der Waals surface area contributed by atoms with E-state index in [1.54, 1.807) is 16.8 Å². The lowest BCUT2D eigenvalue weighted by Gasteiger charge is -2.26. The van der Waals surface area contributed by atoms with E-state index >= 15 is 4.39 Å². The zero-order chi connectivity index (χ0) is 25.9. The molecular formula is C28H34FN5O3. The highest BCUT2D eigenvalue weighted by atomic mass is 19.1. The predicted octanol–water partition coefficient (Wildman–Crippen LogP) is 3.81. The van der Waals surface area contributed by atoms with Crippen LogP contribution in [0.25, 0.3) is 16.6 Å². The van der Waals surface area contributed by atoms with Crippen molar-refractivity contribution in [3.8, 4) is 17.2 Å². The Morgan fingerprint density at radius 1 is 1.14 bits per heavy atom. The van der Waals surface area contributed by atoms with Crippen LogP contribution in [0.5, 0.6) is 11.5 Å². The van der Waals surface area contributed by atoms with Crippen LogP contribution in [0.1, 0.15) is 36.0 Å². The summed E-state index contributed by atoms with van der Waals surface area (Å²) >= 11 is 0. The van der Waals surface area contributed by atoms with Crippen molar-refractivity contribution in [1.29, 1.82) is 0 Å². The molecule has 3 aromatic rings. The second-order valence-corrected chi connectivity index (χ2v) is 10.0. The van der Waals surface area contributed by atoms with Gasteiger partial charge in [0.25, 0.3) is 5.91 Å². The first-order chi connectivity index (χ1) is 17.9. The molecule has 196 valence electrons. The van der Waals surface area contributed by atoms with Gasteiger partial charge in [0.15, 0.2) is 17.3 Å². The summed E-state index contributed by atoms with van der Waals surface area (Å²) in [5, 5.41) is 6.18. The molecule has 37 heavy (non-hydrogen) atoms. The van der Waals surface area contributed by atoms with Crippen LogP contribution in [-0.4, -0.2) is 73.6 Å². The number of rotatable bonds is 10. The average molecular weight is 508 g/mol. The van der Waals surface area contributed by atoms with Crippen LogP contribution in [0.3, 0.4) is 0 Å². The molecule has 1 fully saturated rings. The second kappa shape index (κ2) is 10.9. The number of hydrogen-bond acceptors (Lipinski definition) is 6. The molecule has 8 nitrogen and oxygen atoms in total. The average Bonchev–Trinajstić information content (AvgIpc) is 3.40. The molecule has 0 spiro atoms. The molecule has 2 aliphatic rings. The van der Waals surface area contributed by atoms with E-state index < -0.39 is 17.2 Å². The van der Waals surface area contributed by atoms with E-state index in [2.05, 4.69) is 20.4 Å². The number of halogens is 1. The molecule has 5 rings (SSSR count). The fourth-order valence-electron chi connectivity index (χ4n) is 5.09. The molecule has 1 saturated heterocycles. The van der Waals surface area contributed by atoms with Gasteiger partial charge < -0.3 is 29.7 Å². The molecule has 1 aromatic heterocycles. The molecule has 0 aliphatic carbocycles. The maximum Gasteiger partial charge on any atom is 0.256 e. The van der Waals surface area contributed by atoms with E-state index in [-0.39, 0.29) is 22.4 Å². The standard InChI is InChI=1S/C28H34FN5O3/c1-32(2)13-6-5-11-31-28(36)20-18-34-22-9-3-4-10-23(22)37-27-24(30-12-16-33-14-7-8-15-33)21(29)17-19(25(27)34)26(20)35/h3-4,9-10,17-18,30H,5-8,11-16H2,1-2H3,(H,31,36). The molecule has 0 atom stereocenters. The van der Waals surface area contributed by atoms with Gasteiger partial charge in [0, 0.05) is 25.8 Å². The largest absolute Gasteiger partial charge is 0.451 e. The van der Waals surface area contributed by atoms with E-state index in [4.69, 9.17) is 4.74 Å². The van der Waals surface area contributed by atoms with Crippen LogP contribution >= 0.6 is 0 Å². The zero-order valence-electron chi connectivity index (χ0n) is 21.5. The predicted molar refractivity (Wildman–Crippen MR) is 144 cm³/mol. The third-order valence-electron chi connectivity index (χ3n) is 7.02. The third kappa shape index (κ3) is 5.19. The Morgan fingerprint density at radius 3 is 2.70 bits per heavy atom. The Morgan fingerprint density at radius 2 is 1.92 bits per heavy atom. The van der Waals surface area contributed by atoms with Crippen molar-refractivity contribution in [2.45, 2.75) is 25.7 Å². The minimum Gasteiger partial charge on any atom is -0.451 e. The van der Waals surface area contributed by atoms with Crippen LogP contribution in [-0.2, 0) is 0 Å². The van der Waals surface area contributed by atoms with Crippen molar-refractivity contribution in [2.24, 2.45) is 0 Å². The number of carbonyl (C=O) groups excluding carboxylic acids is 1. The Balaban J connectivity index is 1.50. The van der Waals surface area contributed by atoms with Crippen molar-refractivity contribution >= 4 is 22.5 Å². The summed E-state index contributed by atoms with van der Waals surface area (Å²) in [5.74, 6) is -0.238. The van der Waals surface area contributed by atoms with Crippen molar-refractivity contribution in [2.75, 3.05) is 58.7 Å². The lowest BCUT2D eigenvalue weighted by atomic mass is 10.1. The monoisotopic (exact) mass is 507 g/mol. The summed E-state index contributed by atoms with van der Waals surface area (Å²) in [4.78, 5) is 30.9. The number of unbranched alkanes of at least 4 members (excludes halogenated alkanes) is 1. The third-order valence-corrected chi connectivity index (χ3v) is 7.02. The molecule has 0 radical (unpaired) electrons. The van der Waals surface area contributed by atoms with Crippen LogP contribution < -0.4 is 20.8 Å². The SMILES string of the molecule is CN(C)CCCCNC(=O)c1cn2c3c(c(NCCN4CCCC4)c(F)cc3c1=O)Oc1ccccc1-2. The van der Waals surface area contributed by atoms with Gasteiger partial charge in [-0.05, 0) is 77.6 Å². The van der Waals surface area contributed by atoms with E-state index in [1.807, 2.05) is 32.3 Å². The Hall–Kier alpha value is -3.43. The molecule has 3 heterocycles. The van der Waals surface area contributed by atoms with Crippen molar-refractivity contribution in [1.82, 2.24) is 19.7 Å². The summed E-state index contributed by atoms with van der Waals surface area (Å²) in [6.07, 6.45) is 5.66. The highest BCUT2D eigenvalue weighted by molar-refractivity contribution is 6.01. The number of hydrogen-bond donors (Lipinski definition) is 2. The van der Waals surface area contributed by atoms with Crippen molar-refractivity contribution < 1.29 is 13.9 Å². The summed E-state index contributed by atoms with van der Waals surface area (Å²) < 4.78 is 23.4. The van der Waals surface area contributed by atoms with Crippen molar-refractivity contribution in [3.05, 3.63) is 58.1 Å². The normalized spacial score (nSPS) is 14.6. The number of anilines is 1. The lowest BCUT2D eigenvalue weighted by molar-refractivity contribution is 0.0951. The van der Waals surface area contributed by atoms with Gasteiger partial charge in [-0.3, -0.25) is 9.59 Å². The van der Waals surface area contributed by atoms with Gasteiger partial charge in [0.2, 0.25) is 5.43 Å². The van der Waals surface area contributed by atoms with Gasteiger partial charge in [-0.1, -0.05) is 12.1 Å². The van der Waals surface area contributed by atoms with Gasteiger partial charge in [0.05, 0.1) is 11.1 Å². The minimum atomic E-state index is -0.576. The number of para-hydroxylation sites is 2. The van der Waals surface area contributed by atoms with Gasteiger partial charge in [-0.2, -0.15) is 0 Å². The van der Waals surface area contributed by atoms with Gasteiger partial charge in [-0.15, -0.1) is 0 Å². The number of likely N-dealkylation sites (tertiary alicyclic amines) is 1. The Kier molecular flexibility index (Phi) is 7.43. The first-order valence-electron chi connectivity index (χ1n) is 13.0. The Labute approximate surface area is 216 Å². The molecule has 0 saturated carbocycles. The number of carbonyl (C=O) groups is 1. The number of ether oxygens (including phenoxy) is 1. The number of aromatic nitrogens is 1. The first kappa shape index (κ1) is 25.2. The maximum absolute atomic E-state index is 15.5. The van der Waals surface area contributed by atoms with Gasteiger partial charge >= 0.3 is 0 Å². The van der Waals surface area contributed by atoms with Crippen molar-refractivity contribution in [3.63, 3.8) is 0 Å². The first-order valence-corrected chi connectivity index (χ1v) is 13.0. The van der Waals surface area contributed by atoms with E-state index in [0.717, 1.165) is 39.0 Å². The molecular weight excluding hydrogens is 473 g/mol. The number of fused-ring (bicyclic) bond motifs is 2. The fraction of sp³-hybridized carbons (Fsp3) is 0.429. The van der Waals surface area contributed by atoms with E-state index in [1.165, 1.54) is 18.9 Å². The van der Waals surface area contributed by atoms with Crippen LogP contribution in [0.15, 0.2) is 41.3 Å². The summed E-state index contributed by atoms with van der Waals surface area (Å²) in [5.41, 5.74) is 0.846. The van der Waals surface area contributed by atoms with Gasteiger partial charge in [-0.25, -0.2) is 4.39 Å². The molecule has 2 aromatic carbocycles. The number of amides is 1.